The largest absolute Gasteiger partial charge is 0.373 e. The van der Waals surface area contributed by atoms with Crippen LogP contribution in [0.1, 0.15) is 36.0 Å². The number of ether oxygens (including phenoxy) is 1. The standard InChI is InChI=1S/C14H17BrO2/c15-13-7-5-12(6-8-13)14(16)10-17-9-11-3-1-2-4-11/h5-8,11H,1-4,9-10H2. The van der Waals surface area contributed by atoms with Crippen LogP contribution in [0.4, 0.5) is 0 Å². The summed E-state index contributed by atoms with van der Waals surface area (Å²) in [6.45, 7) is 0.945. The second kappa shape index (κ2) is 6.31. The summed E-state index contributed by atoms with van der Waals surface area (Å²) in [5, 5.41) is 0. The van der Waals surface area contributed by atoms with Crippen molar-refractivity contribution in [1.82, 2.24) is 0 Å². The fourth-order valence-corrected chi connectivity index (χ4v) is 2.48. The lowest BCUT2D eigenvalue weighted by atomic mass is 10.1. The average Bonchev–Trinajstić information content (AvgIpc) is 2.83. The third-order valence-electron chi connectivity index (χ3n) is 3.23. The van der Waals surface area contributed by atoms with E-state index in [2.05, 4.69) is 15.9 Å². The van der Waals surface area contributed by atoms with E-state index in [0.717, 1.165) is 16.6 Å². The number of ketones is 1. The molecule has 2 rings (SSSR count). The molecule has 1 fully saturated rings. The molecular weight excluding hydrogens is 280 g/mol. The Labute approximate surface area is 110 Å². The fraction of sp³-hybridized carbons (Fsp3) is 0.500. The number of Topliss-reactive ketones (excluding diaryl/α,β-unsaturated/α-hetero) is 1. The lowest BCUT2D eigenvalue weighted by Gasteiger charge is -2.09. The van der Waals surface area contributed by atoms with Crippen LogP contribution in [-0.4, -0.2) is 19.0 Å². The van der Waals surface area contributed by atoms with Gasteiger partial charge in [-0.25, -0.2) is 0 Å². The predicted molar refractivity (Wildman–Crippen MR) is 71.2 cm³/mol. The van der Waals surface area contributed by atoms with Crippen LogP contribution in [0.5, 0.6) is 0 Å². The van der Waals surface area contributed by atoms with Gasteiger partial charge in [0.1, 0.15) is 6.61 Å². The van der Waals surface area contributed by atoms with Crippen LogP contribution in [-0.2, 0) is 4.74 Å². The van der Waals surface area contributed by atoms with Crippen LogP contribution in [0.15, 0.2) is 28.7 Å². The van der Waals surface area contributed by atoms with Gasteiger partial charge in [-0.2, -0.15) is 0 Å². The Morgan fingerprint density at radius 1 is 1.24 bits per heavy atom. The molecule has 0 N–H and O–H groups in total. The zero-order chi connectivity index (χ0) is 12.1. The van der Waals surface area contributed by atoms with Gasteiger partial charge < -0.3 is 4.74 Å². The molecule has 92 valence electrons. The number of benzene rings is 1. The van der Waals surface area contributed by atoms with Crippen LogP contribution >= 0.6 is 15.9 Å². The lowest BCUT2D eigenvalue weighted by Crippen LogP contribution is -2.13. The third kappa shape index (κ3) is 3.93. The number of carbonyl (C=O) groups excluding carboxylic acids is 1. The number of hydrogen-bond donors (Lipinski definition) is 0. The Kier molecular flexibility index (Phi) is 4.75. The molecule has 1 aliphatic rings. The second-order valence-electron chi connectivity index (χ2n) is 4.60. The van der Waals surface area contributed by atoms with Gasteiger partial charge in [0.2, 0.25) is 0 Å². The molecule has 1 aromatic rings. The average molecular weight is 297 g/mol. The van der Waals surface area contributed by atoms with Gasteiger partial charge in [-0.05, 0) is 30.9 Å². The van der Waals surface area contributed by atoms with Crippen molar-refractivity contribution in [3.8, 4) is 0 Å². The van der Waals surface area contributed by atoms with Gasteiger partial charge in [-0.15, -0.1) is 0 Å². The van der Waals surface area contributed by atoms with Gasteiger partial charge in [0.15, 0.2) is 5.78 Å². The normalized spacial score (nSPS) is 16.3. The second-order valence-corrected chi connectivity index (χ2v) is 5.51. The molecule has 0 atom stereocenters. The van der Waals surface area contributed by atoms with Crippen molar-refractivity contribution in [3.05, 3.63) is 34.3 Å². The van der Waals surface area contributed by atoms with Crippen molar-refractivity contribution in [3.63, 3.8) is 0 Å². The molecule has 0 aromatic heterocycles. The summed E-state index contributed by atoms with van der Waals surface area (Å²) < 4.78 is 6.49. The van der Waals surface area contributed by atoms with Crippen molar-refractivity contribution in [2.75, 3.05) is 13.2 Å². The van der Waals surface area contributed by atoms with Gasteiger partial charge in [-0.1, -0.05) is 40.9 Å². The number of rotatable bonds is 5. The third-order valence-corrected chi connectivity index (χ3v) is 3.76. The fourth-order valence-electron chi connectivity index (χ4n) is 2.21. The Bertz CT molecular complexity index is 366. The molecule has 2 nitrogen and oxygen atoms in total. The molecule has 1 saturated carbocycles. The predicted octanol–water partition coefficient (Wildman–Crippen LogP) is 3.84. The maximum Gasteiger partial charge on any atom is 0.188 e. The van der Waals surface area contributed by atoms with Crippen LogP contribution in [0.2, 0.25) is 0 Å². The summed E-state index contributed by atoms with van der Waals surface area (Å²) in [5.74, 6) is 0.739. The van der Waals surface area contributed by atoms with Gasteiger partial charge in [0.25, 0.3) is 0 Å². The summed E-state index contributed by atoms with van der Waals surface area (Å²) in [6, 6.07) is 7.41. The molecule has 0 bridgehead atoms. The van der Waals surface area contributed by atoms with E-state index in [0.29, 0.717) is 5.92 Å². The summed E-state index contributed by atoms with van der Waals surface area (Å²) >= 11 is 3.35. The topological polar surface area (TPSA) is 26.3 Å². The molecule has 0 unspecified atom stereocenters. The lowest BCUT2D eigenvalue weighted by molar-refractivity contribution is 0.0681. The van der Waals surface area contributed by atoms with Gasteiger partial charge in [0.05, 0.1) is 6.61 Å². The van der Waals surface area contributed by atoms with Crippen LogP contribution in [0.3, 0.4) is 0 Å². The van der Waals surface area contributed by atoms with Gasteiger partial charge in [0, 0.05) is 10.0 Å². The van der Waals surface area contributed by atoms with Crippen LogP contribution in [0, 0.1) is 5.92 Å². The molecule has 0 heterocycles. The first kappa shape index (κ1) is 12.8. The Morgan fingerprint density at radius 2 is 1.88 bits per heavy atom. The van der Waals surface area contributed by atoms with Crippen LogP contribution in [0.25, 0.3) is 0 Å². The highest BCUT2D eigenvalue weighted by Gasteiger charge is 2.15. The van der Waals surface area contributed by atoms with Gasteiger partial charge in [-0.3, -0.25) is 4.79 Å². The quantitative estimate of drug-likeness (QED) is 0.772. The maximum absolute atomic E-state index is 11.8. The minimum Gasteiger partial charge on any atom is -0.373 e. The molecule has 0 saturated heterocycles. The first-order chi connectivity index (χ1) is 8.25. The summed E-state index contributed by atoms with van der Waals surface area (Å²) in [7, 11) is 0. The van der Waals surface area contributed by atoms with E-state index in [-0.39, 0.29) is 12.4 Å². The Hall–Kier alpha value is -0.670. The smallest absolute Gasteiger partial charge is 0.188 e. The molecule has 1 aliphatic carbocycles. The molecule has 3 heteroatoms. The number of hydrogen-bond acceptors (Lipinski definition) is 2. The van der Waals surface area contributed by atoms with Gasteiger partial charge >= 0.3 is 0 Å². The molecule has 0 spiro atoms. The number of carbonyl (C=O) groups is 1. The summed E-state index contributed by atoms with van der Waals surface area (Å²) in [4.78, 5) is 11.8. The molecule has 0 amide bonds. The van der Waals surface area contributed by atoms with E-state index in [4.69, 9.17) is 4.74 Å². The first-order valence-corrected chi connectivity index (χ1v) is 6.91. The van der Waals surface area contributed by atoms with Crippen molar-refractivity contribution < 1.29 is 9.53 Å². The van der Waals surface area contributed by atoms with Crippen molar-refractivity contribution in [2.24, 2.45) is 5.92 Å². The highest BCUT2D eigenvalue weighted by Crippen LogP contribution is 2.24. The highest BCUT2D eigenvalue weighted by molar-refractivity contribution is 9.10. The Balaban J connectivity index is 1.75. The van der Waals surface area contributed by atoms with Crippen molar-refractivity contribution in [1.29, 1.82) is 0 Å². The van der Waals surface area contributed by atoms with Crippen LogP contribution < -0.4 is 0 Å². The molecule has 0 aliphatic heterocycles. The molecule has 0 radical (unpaired) electrons. The minimum atomic E-state index is 0.0653. The minimum absolute atomic E-state index is 0.0653. The van der Waals surface area contributed by atoms with Crippen molar-refractivity contribution >= 4 is 21.7 Å². The zero-order valence-corrected chi connectivity index (χ0v) is 11.4. The zero-order valence-electron chi connectivity index (χ0n) is 9.82. The maximum atomic E-state index is 11.8. The van der Waals surface area contributed by atoms with Crippen molar-refractivity contribution in [2.45, 2.75) is 25.7 Å². The molecular formula is C14H17BrO2. The van der Waals surface area contributed by atoms with E-state index in [1.807, 2.05) is 24.3 Å². The summed E-state index contributed by atoms with van der Waals surface area (Å²) in [5.41, 5.74) is 0.722. The Morgan fingerprint density at radius 3 is 2.53 bits per heavy atom. The van der Waals surface area contributed by atoms with E-state index in [9.17, 15) is 4.79 Å². The van der Waals surface area contributed by atoms with E-state index in [1.165, 1.54) is 25.7 Å². The van der Waals surface area contributed by atoms with E-state index < -0.39 is 0 Å². The number of halogens is 1. The molecule has 17 heavy (non-hydrogen) atoms. The monoisotopic (exact) mass is 296 g/mol. The van der Waals surface area contributed by atoms with E-state index in [1.54, 1.807) is 0 Å². The highest BCUT2D eigenvalue weighted by atomic mass is 79.9. The van der Waals surface area contributed by atoms with E-state index >= 15 is 0 Å². The molecule has 1 aromatic carbocycles. The SMILES string of the molecule is O=C(COCC1CCCC1)c1ccc(Br)cc1. The summed E-state index contributed by atoms with van der Waals surface area (Å²) in [6.07, 6.45) is 5.14. The first-order valence-electron chi connectivity index (χ1n) is 6.12.